The van der Waals surface area contributed by atoms with E-state index < -0.39 is 4.92 Å². The van der Waals surface area contributed by atoms with Crippen molar-refractivity contribution in [2.24, 2.45) is 0 Å². The van der Waals surface area contributed by atoms with Crippen LogP contribution in [-0.4, -0.2) is 17.9 Å². The number of hydrogen-bond donors (Lipinski definition) is 1. The van der Waals surface area contributed by atoms with Crippen LogP contribution in [0.5, 0.6) is 0 Å². The summed E-state index contributed by atoms with van der Waals surface area (Å²) in [6.07, 6.45) is 0. The van der Waals surface area contributed by atoms with E-state index in [0.717, 1.165) is 0 Å². The summed E-state index contributed by atoms with van der Waals surface area (Å²) in [6, 6.07) is 3.99. The van der Waals surface area contributed by atoms with Crippen LogP contribution in [0, 0.1) is 10.1 Å². The van der Waals surface area contributed by atoms with E-state index in [1.165, 1.54) is 25.2 Å². The third-order valence-corrected chi connectivity index (χ3v) is 2.29. The van der Waals surface area contributed by atoms with E-state index in [4.69, 9.17) is 0 Å². The van der Waals surface area contributed by atoms with Gasteiger partial charge in [-0.25, -0.2) is 0 Å². The van der Waals surface area contributed by atoms with Crippen LogP contribution in [0.3, 0.4) is 0 Å². The van der Waals surface area contributed by atoms with Gasteiger partial charge in [0, 0.05) is 23.7 Å². The van der Waals surface area contributed by atoms with Crippen LogP contribution in [-0.2, 0) is 0 Å². The Balaban J connectivity index is 3.14. The van der Waals surface area contributed by atoms with E-state index in [2.05, 4.69) is 21.2 Å². The van der Waals surface area contributed by atoms with Crippen molar-refractivity contribution in [2.75, 3.05) is 7.05 Å². The molecule has 5 nitrogen and oxygen atoms in total. The molecule has 0 spiro atoms. The predicted octanol–water partition coefficient (Wildman–Crippen LogP) is 1.72. The summed E-state index contributed by atoms with van der Waals surface area (Å²) in [5.74, 6) is -0.285. The molecule has 0 aliphatic rings. The molecule has 0 saturated heterocycles. The smallest absolute Gasteiger partial charge is 0.270 e. The molecule has 1 aromatic carbocycles. The molecule has 0 aliphatic heterocycles. The van der Waals surface area contributed by atoms with Crippen LogP contribution < -0.4 is 5.32 Å². The molecule has 1 amide bonds. The van der Waals surface area contributed by atoms with Gasteiger partial charge in [-0.2, -0.15) is 0 Å². The standard InChI is InChI=1S/C8H7BrN2O3/c1-10-8(12)6-3-2-5(11(13)14)4-7(6)9/h2-4H,1H3,(H,10,12). The van der Waals surface area contributed by atoms with Crippen LogP contribution in [0.15, 0.2) is 22.7 Å². The largest absolute Gasteiger partial charge is 0.355 e. The van der Waals surface area contributed by atoms with Crippen LogP contribution in [0.25, 0.3) is 0 Å². The SMILES string of the molecule is CNC(=O)c1ccc([N+](=O)[O-])cc1Br. The molecule has 14 heavy (non-hydrogen) atoms. The molecule has 0 aromatic heterocycles. The van der Waals surface area contributed by atoms with Gasteiger partial charge in [0.05, 0.1) is 10.5 Å². The lowest BCUT2D eigenvalue weighted by atomic mass is 10.2. The Labute approximate surface area is 88.4 Å². The number of carbonyl (C=O) groups is 1. The molecule has 0 saturated carbocycles. The number of rotatable bonds is 2. The maximum absolute atomic E-state index is 11.2. The summed E-state index contributed by atoms with van der Waals surface area (Å²) in [6.45, 7) is 0. The fourth-order valence-electron chi connectivity index (χ4n) is 0.936. The van der Waals surface area contributed by atoms with Crippen LogP contribution >= 0.6 is 15.9 Å². The number of amides is 1. The summed E-state index contributed by atoms with van der Waals surface area (Å²) in [7, 11) is 1.50. The van der Waals surface area contributed by atoms with E-state index in [9.17, 15) is 14.9 Å². The Morgan fingerprint density at radius 3 is 2.64 bits per heavy atom. The lowest BCUT2D eigenvalue weighted by Gasteiger charge is -2.01. The minimum Gasteiger partial charge on any atom is -0.355 e. The van der Waals surface area contributed by atoms with Gasteiger partial charge in [0.2, 0.25) is 0 Å². The third-order valence-electron chi connectivity index (χ3n) is 1.64. The predicted molar refractivity (Wildman–Crippen MR) is 54.2 cm³/mol. The second kappa shape index (κ2) is 4.19. The van der Waals surface area contributed by atoms with Crippen molar-refractivity contribution in [3.63, 3.8) is 0 Å². The summed E-state index contributed by atoms with van der Waals surface area (Å²) < 4.78 is 0.408. The van der Waals surface area contributed by atoms with E-state index in [-0.39, 0.29) is 11.6 Å². The Bertz CT molecular complexity index is 392. The Morgan fingerprint density at radius 2 is 2.21 bits per heavy atom. The highest BCUT2D eigenvalue weighted by Gasteiger charge is 2.12. The van der Waals surface area contributed by atoms with Gasteiger partial charge in [-0.3, -0.25) is 14.9 Å². The minimum absolute atomic E-state index is 0.0514. The molecule has 0 unspecified atom stereocenters. The van der Waals surface area contributed by atoms with Gasteiger partial charge in [0.15, 0.2) is 0 Å². The van der Waals surface area contributed by atoms with Crippen molar-refractivity contribution in [1.29, 1.82) is 0 Å². The second-order valence-corrected chi connectivity index (χ2v) is 3.35. The van der Waals surface area contributed by atoms with Crippen molar-refractivity contribution in [1.82, 2.24) is 5.32 Å². The average Bonchev–Trinajstić information content (AvgIpc) is 2.16. The lowest BCUT2D eigenvalue weighted by molar-refractivity contribution is -0.384. The van der Waals surface area contributed by atoms with E-state index in [1.54, 1.807) is 0 Å². The molecule has 1 rings (SSSR count). The zero-order chi connectivity index (χ0) is 10.7. The van der Waals surface area contributed by atoms with Crippen LogP contribution in [0.2, 0.25) is 0 Å². The summed E-state index contributed by atoms with van der Waals surface area (Å²) in [5, 5.41) is 12.8. The molecule has 0 heterocycles. The number of nitrogens with zero attached hydrogens (tertiary/aromatic N) is 1. The Kier molecular flexibility index (Phi) is 3.19. The molecule has 1 N–H and O–H groups in total. The molecule has 0 bridgehead atoms. The van der Waals surface area contributed by atoms with Crippen molar-refractivity contribution in [2.45, 2.75) is 0 Å². The quantitative estimate of drug-likeness (QED) is 0.649. The summed E-state index contributed by atoms with van der Waals surface area (Å²) >= 11 is 3.09. The van der Waals surface area contributed by atoms with Gasteiger partial charge in [-0.1, -0.05) is 0 Å². The Hall–Kier alpha value is -1.43. The fourth-order valence-corrected chi connectivity index (χ4v) is 1.48. The normalized spacial score (nSPS) is 9.57. The number of carbonyl (C=O) groups excluding carboxylic acids is 1. The number of nitro groups is 1. The number of nitro benzene ring substituents is 1. The van der Waals surface area contributed by atoms with Crippen molar-refractivity contribution in [3.8, 4) is 0 Å². The van der Waals surface area contributed by atoms with Gasteiger partial charge in [0.1, 0.15) is 0 Å². The molecular weight excluding hydrogens is 252 g/mol. The van der Waals surface area contributed by atoms with Gasteiger partial charge >= 0.3 is 0 Å². The number of benzene rings is 1. The zero-order valence-electron chi connectivity index (χ0n) is 7.28. The van der Waals surface area contributed by atoms with Crippen LogP contribution in [0.4, 0.5) is 5.69 Å². The molecule has 0 aliphatic carbocycles. The maximum atomic E-state index is 11.2. The minimum atomic E-state index is -0.515. The topological polar surface area (TPSA) is 72.2 Å². The molecule has 74 valence electrons. The van der Waals surface area contributed by atoms with Gasteiger partial charge in [-0.15, -0.1) is 0 Å². The molecule has 1 aromatic rings. The summed E-state index contributed by atoms with van der Waals surface area (Å²) in [5.41, 5.74) is 0.322. The number of halogens is 1. The average molecular weight is 259 g/mol. The van der Waals surface area contributed by atoms with Gasteiger partial charge in [0.25, 0.3) is 11.6 Å². The molecular formula is C8H7BrN2O3. The van der Waals surface area contributed by atoms with Crippen LogP contribution in [0.1, 0.15) is 10.4 Å². The highest BCUT2D eigenvalue weighted by Crippen LogP contribution is 2.22. The zero-order valence-corrected chi connectivity index (χ0v) is 8.87. The maximum Gasteiger partial charge on any atom is 0.270 e. The van der Waals surface area contributed by atoms with E-state index in [1.807, 2.05) is 0 Å². The number of non-ortho nitro benzene ring substituents is 1. The van der Waals surface area contributed by atoms with E-state index in [0.29, 0.717) is 10.0 Å². The van der Waals surface area contributed by atoms with Crippen molar-refractivity contribution < 1.29 is 9.72 Å². The lowest BCUT2D eigenvalue weighted by Crippen LogP contribution is -2.18. The first-order valence-electron chi connectivity index (χ1n) is 3.72. The molecule has 0 atom stereocenters. The van der Waals surface area contributed by atoms with Gasteiger partial charge < -0.3 is 5.32 Å². The van der Waals surface area contributed by atoms with E-state index >= 15 is 0 Å². The third kappa shape index (κ3) is 2.08. The number of hydrogen-bond acceptors (Lipinski definition) is 3. The highest BCUT2D eigenvalue weighted by atomic mass is 79.9. The fraction of sp³-hybridized carbons (Fsp3) is 0.125. The second-order valence-electron chi connectivity index (χ2n) is 2.50. The van der Waals surface area contributed by atoms with Crippen molar-refractivity contribution >= 4 is 27.5 Å². The molecule has 0 radical (unpaired) electrons. The number of nitrogens with one attached hydrogen (secondary N) is 1. The first kappa shape index (κ1) is 10.6. The first-order valence-corrected chi connectivity index (χ1v) is 4.51. The monoisotopic (exact) mass is 258 g/mol. The van der Waals surface area contributed by atoms with Gasteiger partial charge in [-0.05, 0) is 22.0 Å². The molecule has 0 fully saturated rings. The molecule has 6 heteroatoms. The first-order chi connectivity index (χ1) is 6.56. The van der Waals surface area contributed by atoms with Crippen molar-refractivity contribution in [3.05, 3.63) is 38.3 Å². The summed E-state index contributed by atoms with van der Waals surface area (Å²) in [4.78, 5) is 21.1. The highest BCUT2D eigenvalue weighted by molar-refractivity contribution is 9.10. The Morgan fingerprint density at radius 1 is 1.57 bits per heavy atom.